The summed E-state index contributed by atoms with van der Waals surface area (Å²) in [7, 11) is 0. The zero-order valence-electron chi connectivity index (χ0n) is 12.7. The van der Waals surface area contributed by atoms with Gasteiger partial charge in [-0.2, -0.15) is 0 Å². The number of rotatable bonds is 4. The number of anilines is 1. The Labute approximate surface area is 136 Å². The Morgan fingerprint density at radius 3 is 2.79 bits per heavy atom. The van der Waals surface area contributed by atoms with Crippen molar-refractivity contribution in [2.45, 2.75) is 13.0 Å². The molecule has 1 aromatic heterocycles. The average molecular weight is 328 g/mol. The van der Waals surface area contributed by atoms with Crippen LogP contribution in [-0.2, 0) is 9.53 Å². The van der Waals surface area contributed by atoms with Crippen LogP contribution in [0.5, 0.6) is 0 Å². The molecule has 0 fully saturated rings. The van der Waals surface area contributed by atoms with Crippen LogP contribution < -0.4 is 5.32 Å². The number of oxazole rings is 1. The topological polar surface area (TPSA) is 81.4 Å². The average Bonchev–Trinajstić information content (AvgIpc) is 3.05. The number of hydrogen-bond acceptors (Lipinski definition) is 5. The quantitative estimate of drug-likeness (QED) is 0.744. The van der Waals surface area contributed by atoms with Crippen LogP contribution in [0.2, 0.25) is 0 Å². The maximum absolute atomic E-state index is 13.5. The van der Waals surface area contributed by atoms with E-state index in [0.29, 0.717) is 11.1 Å². The number of nitrogens with zero attached hydrogens (tertiary/aromatic N) is 1. The van der Waals surface area contributed by atoms with Crippen LogP contribution in [0.25, 0.3) is 11.1 Å². The number of hydrogen-bond donors (Lipinski definition) is 1. The van der Waals surface area contributed by atoms with E-state index in [1.54, 1.807) is 18.2 Å². The normalized spacial score (nSPS) is 11.9. The first-order valence-corrected chi connectivity index (χ1v) is 7.15. The van der Waals surface area contributed by atoms with Crippen molar-refractivity contribution in [2.75, 3.05) is 5.32 Å². The Kier molecular flexibility index (Phi) is 4.24. The third-order valence-corrected chi connectivity index (χ3v) is 3.37. The van der Waals surface area contributed by atoms with Gasteiger partial charge in [-0.1, -0.05) is 18.2 Å². The van der Waals surface area contributed by atoms with Crippen LogP contribution in [0, 0.1) is 5.82 Å². The molecule has 1 atom stereocenters. The third kappa shape index (κ3) is 3.10. The molecular weight excluding hydrogens is 315 g/mol. The number of nitrogens with one attached hydrogen (secondary N) is 1. The molecule has 3 aromatic rings. The van der Waals surface area contributed by atoms with Gasteiger partial charge < -0.3 is 14.5 Å². The number of carbonyl (C=O) groups excluding carboxylic acids is 2. The molecule has 1 heterocycles. The molecule has 3 rings (SSSR count). The predicted molar refractivity (Wildman–Crippen MR) is 83.9 cm³/mol. The van der Waals surface area contributed by atoms with E-state index in [-0.39, 0.29) is 11.3 Å². The Hall–Kier alpha value is -3.22. The Balaban J connectivity index is 1.71. The minimum Gasteiger partial charge on any atom is -0.449 e. The first kappa shape index (κ1) is 15.7. The van der Waals surface area contributed by atoms with E-state index in [2.05, 4.69) is 10.3 Å². The van der Waals surface area contributed by atoms with E-state index in [1.807, 2.05) is 0 Å². The van der Waals surface area contributed by atoms with Gasteiger partial charge in [-0.05, 0) is 31.2 Å². The fourth-order valence-electron chi connectivity index (χ4n) is 2.13. The van der Waals surface area contributed by atoms with Gasteiger partial charge in [-0.3, -0.25) is 4.79 Å². The van der Waals surface area contributed by atoms with Crippen molar-refractivity contribution in [1.82, 2.24) is 4.98 Å². The summed E-state index contributed by atoms with van der Waals surface area (Å²) in [4.78, 5) is 28.2. The van der Waals surface area contributed by atoms with Crippen molar-refractivity contribution < 1.29 is 23.1 Å². The highest BCUT2D eigenvalue weighted by molar-refractivity contribution is 6.03. The molecule has 0 aliphatic heterocycles. The molecule has 0 saturated heterocycles. The van der Waals surface area contributed by atoms with Crippen molar-refractivity contribution in [3.05, 3.63) is 60.2 Å². The summed E-state index contributed by atoms with van der Waals surface area (Å²) in [5, 5.41) is 2.37. The fraction of sp³-hybridized carbons (Fsp3) is 0.118. The maximum Gasteiger partial charge on any atom is 0.341 e. The monoisotopic (exact) mass is 328 g/mol. The first-order chi connectivity index (χ1) is 11.6. The van der Waals surface area contributed by atoms with E-state index in [9.17, 15) is 14.0 Å². The molecule has 0 saturated carbocycles. The number of aromatic nitrogens is 1. The lowest BCUT2D eigenvalue weighted by Crippen LogP contribution is -2.30. The van der Waals surface area contributed by atoms with Crippen LogP contribution in [0.3, 0.4) is 0 Å². The molecule has 2 aromatic carbocycles. The molecule has 1 N–H and O–H groups in total. The lowest BCUT2D eigenvalue weighted by molar-refractivity contribution is -0.123. The van der Waals surface area contributed by atoms with E-state index >= 15 is 0 Å². The summed E-state index contributed by atoms with van der Waals surface area (Å²) in [6.07, 6.45) is 0.106. The number of carbonyl (C=O) groups is 2. The SMILES string of the molecule is CC(OC(=O)c1cccc2ocnc12)C(=O)Nc1ccccc1F. The van der Waals surface area contributed by atoms with Crippen LogP contribution in [0.15, 0.2) is 53.3 Å². The van der Waals surface area contributed by atoms with Gasteiger partial charge in [0.05, 0.1) is 11.3 Å². The minimum absolute atomic E-state index is 0.0176. The molecule has 0 aliphatic carbocycles. The van der Waals surface area contributed by atoms with Gasteiger partial charge in [-0.25, -0.2) is 14.2 Å². The zero-order valence-corrected chi connectivity index (χ0v) is 12.7. The largest absolute Gasteiger partial charge is 0.449 e. The molecule has 122 valence electrons. The summed E-state index contributed by atoms with van der Waals surface area (Å²) < 4.78 is 23.8. The number of esters is 1. The smallest absolute Gasteiger partial charge is 0.341 e. The van der Waals surface area contributed by atoms with Crippen molar-refractivity contribution in [3.63, 3.8) is 0 Å². The van der Waals surface area contributed by atoms with Crippen molar-refractivity contribution in [2.24, 2.45) is 0 Å². The number of halogens is 1. The second kappa shape index (κ2) is 6.49. The summed E-state index contributed by atoms with van der Waals surface area (Å²) in [6, 6.07) is 10.5. The molecule has 6 nitrogen and oxygen atoms in total. The van der Waals surface area contributed by atoms with E-state index in [1.165, 1.54) is 37.6 Å². The van der Waals surface area contributed by atoms with Crippen LogP contribution >= 0.6 is 0 Å². The van der Waals surface area contributed by atoms with Gasteiger partial charge in [0.2, 0.25) is 0 Å². The Morgan fingerprint density at radius 1 is 1.21 bits per heavy atom. The van der Waals surface area contributed by atoms with Crippen molar-refractivity contribution in [3.8, 4) is 0 Å². The second-order valence-corrected chi connectivity index (χ2v) is 5.02. The summed E-state index contributed by atoms with van der Waals surface area (Å²) >= 11 is 0. The lowest BCUT2D eigenvalue weighted by atomic mass is 10.2. The van der Waals surface area contributed by atoms with Crippen LogP contribution in [0.4, 0.5) is 10.1 Å². The molecule has 0 aliphatic rings. The summed E-state index contributed by atoms with van der Waals surface area (Å²) in [6.45, 7) is 1.40. The van der Waals surface area contributed by atoms with Gasteiger partial charge >= 0.3 is 5.97 Å². The highest BCUT2D eigenvalue weighted by Gasteiger charge is 2.22. The number of benzene rings is 2. The van der Waals surface area contributed by atoms with Gasteiger partial charge in [0.25, 0.3) is 5.91 Å². The maximum atomic E-state index is 13.5. The zero-order chi connectivity index (χ0) is 17.1. The van der Waals surface area contributed by atoms with Crippen LogP contribution in [0.1, 0.15) is 17.3 Å². The molecule has 0 bridgehead atoms. The standard InChI is InChI=1S/C17H13FN2O4/c1-10(16(21)20-13-7-3-2-6-12(13)18)24-17(22)11-5-4-8-14-15(11)19-9-23-14/h2-10H,1H3,(H,20,21). The van der Waals surface area contributed by atoms with Gasteiger partial charge in [-0.15, -0.1) is 0 Å². The molecule has 24 heavy (non-hydrogen) atoms. The van der Waals surface area contributed by atoms with Gasteiger partial charge in [0.1, 0.15) is 11.3 Å². The number of ether oxygens (including phenoxy) is 1. The molecular formula is C17H13FN2O4. The van der Waals surface area contributed by atoms with Crippen molar-refractivity contribution in [1.29, 1.82) is 0 Å². The molecule has 0 radical (unpaired) electrons. The first-order valence-electron chi connectivity index (χ1n) is 7.15. The lowest BCUT2D eigenvalue weighted by Gasteiger charge is -2.14. The van der Waals surface area contributed by atoms with Crippen LogP contribution in [-0.4, -0.2) is 23.0 Å². The van der Waals surface area contributed by atoms with Gasteiger partial charge in [0, 0.05) is 0 Å². The van der Waals surface area contributed by atoms with E-state index in [0.717, 1.165) is 0 Å². The Morgan fingerprint density at radius 2 is 2.00 bits per heavy atom. The molecule has 1 amide bonds. The summed E-state index contributed by atoms with van der Waals surface area (Å²) in [5.74, 6) is -1.93. The highest BCUT2D eigenvalue weighted by Crippen LogP contribution is 2.19. The third-order valence-electron chi connectivity index (χ3n) is 3.37. The minimum atomic E-state index is -1.11. The Bertz CT molecular complexity index is 906. The van der Waals surface area contributed by atoms with Gasteiger partial charge in [0.15, 0.2) is 18.1 Å². The highest BCUT2D eigenvalue weighted by atomic mass is 19.1. The number of amides is 1. The fourth-order valence-corrected chi connectivity index (χ4v) is 2.13. The molecule has 1 unspecified atom stereocenters. The number of fused-ring (bicyclic) bond motifs is 1. The predicted octanol–water partition coefficient (Wildman–Crippen LogP) is 3.15. The second-order valence-electron chi connectivity index (χ2n) is 5.02. The molecule has 7 heteroatoms. The number of para-hydroxylation sites is 2. The van der Waals surface area contributed by atoms with Crippen molar-refractivity contribution >= 4 is 28.7 Å². The van der Waals surface area contributed by atoms with E-state index < -0.39 is 23.8 Å². The molecule has 0 spiro atoms. The van der Waals surface area contributed by atoms with E-state index in [4.69, 9.17) is 9.15 Å². The summed E-state index contributed by atoms with van der Waals surface area (Å²) in [5.41, 5.74) is 0.993.